The first-order chi connectivity index (χ1) is 28.0. The number of nitrogens with zero attached hydrogens (tertiary/aromatic N) is 2. The molecule has 0 amide bonds. The largest absolute Gasteiger partial charge is 0.310 e. The van der Waals surface area contributed by atoms with Gasteiger partial charge in [0.05, 0.1) is 11.0 Å². The van der Waals surface area contributed by atoms with Crippen LogP contribution in [0.25, 0.3) is 71.6 Å². The highest BCUT2D eigenvalue weighted by Crippen LogP contribution is 2.51. The van der Waals surface area contributed by atoms with Crippen LogP contribution in [0.2, 0.25) is 0 Å². The van der Waals surface area contributed by atoms with Crippen molar-refractivity contribution in [3.8, 4) is 39.1 Å². The molecular weight excluding hydrogens is 689 g/mol. The lowest BCUT2D eigenvalue weighted by Gasteiger charge is -2.28. The van der Waals surface area contributed by atoms with Gasteiger partial charge in [0.15, 0.2) is 0 Å². The Hall–Kier alpha value is -7.16. The van der Waals surface area contributed by atoms with Gasteiger partial charge < -0.3 is 9.47 Å². The van der Waals surface area contributed by atoms with Gasteiger partial charge in [-0.15, -0.1) is 0 Å². The lowest BCUT2D eigenvalue weighted by molar-refractivity contribution is 0.660. The van der Waals surface area contributed by atoms with Crippen LogP contribution in [0, 0.1) is 0 Å². The van der Waals surface area contributed by atoms with Crippen LogP contribution in [0.15, 0.2) is 206 Å². The molecule has 270 valence electrons. The van der Waals surface area contributed by atoms with Gasteiger partial charge in [-0.05, 0) is 111 Å². The summed E-state index contributed by atoms with van der Waals surface area (Å²) in [6.45, 7) is 4.72. The van der Waals surface area contributed by atoms with E-state index in [2.05, 4.69) is 230 Å². The molecule has 0 atom stereocenters. The highest BCUT2D eigenvalue weighted by atomic mass is 15.1. The standard InChI is InChI=1S/C55H40N2/c1-55(2)50-25-15-14-24-46(50)47-32-30-44(36-51(47)55)56(42-28-26-38(27-29-42)37-16-6-3-7-17-37)43-31-33-52-49(35-43)53-48(39-18-8-4-9-19-39)34-40-20-12-13-23-45(40)54(53)57(52)41-21-10-5-11-22-41/h3-36H,1-2H3. The Kier molecular flexibility index (Phi) is 7.55. The zero-order valence-electron chi connectivity index (χ0n) is 32.0. The maximum atomic E-state index is 2.47. The molecule has 0 spiro atoms. The van der Waals surface area contributed by atoms with E-state index >= 15 is 0 Å². The molecule has 2 heteroatoms. The van der Waals surface area contributed by atoms with Crippen molar-refractivity contribution in [2.45, 2.75) is 19.3 Å². The van der Waals surface area contributed by atoms with E-state index in [9.17, 15) is 0 Å². The molecule has 1 heterocycles. The van der Waals surface area contributed by atoms with Crippen molar-refractivity contribution in [3.63, 3.8) is 0 Å². The minimum absolute atomic E-state index is 0.122. The predicted molar refractivity (Wildman–Crippen MR) is 241 cm³/mol. The molecule has 0 saturated heterocycles. The number of benzene rings is 9. The number of fused-ring (bicyclic) bond motifs is 8. The van der Waals surface area contributed by atoms with Gasteiger partial charge in [-0.1, -0.05) is 159 Å². The SMILES string of the molecule is CC1(C)c2ccccc2-c2ccc(N(c3ccc(-c4ccccc4)cc3)c3ccc4c(c3)c3c(-c5ccccc5)cc5ccccc5c3n4-c3ccccc3)cc21. The first-order valence-electron chi connectivity index (χ1n) is 19.9. The van der Waals surface area contributed by atoms with Crippen molar-refractivity contribution in [3.05, 3.63) is 217 Å². The topological polar surface area (TPSA) is 8.17 Å². The van der Waals surface area contributed by atoms with Crippen LogP contribution in [0.1, 0.15) is 25.0 Å². The minimum atomic E-state index is -0.122. The number of anilines is 3. The van der Waals surface area contributed by atoms with Gasteiger partial charge in [-0.3, -0.25) is 0 Å². The molecule has 0 N–H and O–H groups in total. The third kappa shape index (κ3) is 5.25. The van der Waals surface area contributed by atoms with Crippen LogP contribution in [0.4, 0.5) is 17.1 Å². The van der Waals surface area contributed by atoms with E-state index in [1.165, 1.54) is 77.1 Å². The summed E-state index contributed by atoms with van der Waals surface area (Å²) in [6, 6.07) is 75.6. The predicted octanol–water partition coefficient (Wildman–Crippen LogP) is 15.0. The smallest absolute Gasteiger partial charge is 0.0625 e. The van der Waals surface area contributed by atoms with E-state index < -0.39 is 0 Å². The van der Waals surface area contributed by atoms with Crippen molar-refractivity contribution in [1.82, 2.24) is 4.57 Å². The lowest BCUT2D eigenvalue weighted by atomic mass is 9.82. The summed E-state index contributed by atoms with van der Waals surface area (Å²) in [5.74, 6) is 0. The highest BCUT2D eigenvalue weighted by molar-refractivity contribution is 6.24. The quantitative estimate of drug-likeness (QED) is 0.165. The number of para-hydroxylation sites is 1. The molecular formula is C55H40N2. The number of rotatable bonds is 6. The van der Waals surface area contributed by atoms with Crippen molar-refractivity contribution in [2.24, 2.45) is 0 Å². The minimum Gasteiger partial charge on any atom is -0.310 e. The molecule has 0 aliphatic heterocycles. The molecule has 57 heavy (non-hydrogen) atoms. The molecule has 0 radical (unpaired) electrons. The van der Waals surface area contributed by atoms with Crippen LogP contribution in [-0.4, -0.2) is 4.57 Å². The first kappa shape index (κ1) is 33.2. The van der Waals surface area contributed by atoms with Gasteiger partial charge in [0.2, 0.25) is 0 Å². The summed E-state index contributed by atoms with van der Waals surface area (Å²) in [6.07, 6.45) is 0. The average Bonchev–Trinajstić information content (AvgIpc) is 3.73. The molecule has 0 fully saturated rings. The maximum absolute atomic E-state index is 2.47. The first-order valence-corrected chi connectivity index (χ1v) is 19.9. The Morgan fingerprint density at radius 2 is 0.982 bits per heavy atom. The highest BCUT2D eigenvalue weighted by Gasteiger charge is 2.36. The normalized spacial score (nSPS) is 12.9. The monoisotopic (exact) mass is 728 g/mol. The van der Waals surface area contributed by atoms with E-state index in [0.717, 1.165) is 22.7 Å². The second-order valence-corrected chi connectivity index (χ2v) is 15.8. The summed E-state index contributed by atoms with van der Waals surface area (Å²) >= 11 is 0. The van der Waals surface area contributed by atoms with Gasteiger partial charge in [0.1, 0.15) is 0 Å². The fraction of sp³-hybridized carbons (Fsp3) is 0.0545. The number of hydrogen-bond acceptors (Lipinski definition) is 1. The Morgan fingerprint density at radius 1 is 0.404 bits per heavy atom. The molecule has 0 unspecified atom stereocenters. The van der Waals surface area contributed by atoms with Crippen molar-refractivity contribution >= 4 is 49.6 Å². The molecule has 9 aromatic carbocycles. The van der Waals surface area contributed by atoms with Gasteiger partial charge in [0, 0.05) is 44.3 Å². The van der Waals surface area contributed by atoms with Gasteiger partial charge >= 0.3 is 0 Å². The van der Waals surface area contributed by atoms with E-state index in [1.807, 2.05) is 0 Å². The second-order valence-electron chi connectivity index (χ2n) is 15.8. The molecule has 1 aliphatic rings. The van der Waals surface area contributed by atoms with E-state index in [-0.39, 0.29) is 5.41 Å². The fourth-order valence-corrected chi connectivity index (χ4v) is 9.41. The molecule has 0 bridgehead atoms. The maximum Gasteiger partial charge on any atom is 0.0625 e. The van der Waals surface area contributed by atoms with E-state index in [0.29, 0.717) is 0 Å². The zero-order valence-corrected chi connectivity index (χ0v) is 32.0. The fourth-order valence-electron chi connectivity index (χ4n) is 9.41. The molecule has 0 saturated carbocycles. The van der Waals surface area contributed by atoms with Crippen LogP contribution in [0.5, 0.6) is 0 Å². The Labute approximate surface area is 333 Å². The van der Waals surface area contributed by atoms with Crippen LogP contribution < -0.4 is 4.90 Å². The Morgan fingerprint density at radius 3 is 1.75 bits per heavy atom. The zero-order chi connectivity index (χ0) is 38.1. The average molecular weight is 729 g/mol. The van der Waals surface area contributed by atoms with E-state index in [4.69, 9.17) is 0 Å². The van der Waals surface area contributed by atoms with Gasteiger partial charge in [-0.25, -0.2) is 0 Å². The molecule has 1 aromatic heterocycles. The molecule has 11 rings (SSSR count). The molecule has 2 nitrogen and oxygen atoms in total. The van der Waals surface area contributed by atoms with Crippen LogP contribution in [-0.2, 0) is 5.41 Å². The van der Waals surface area contributed by atoms with Crippen LogP contribution >= 0.6 is 0 Å². The van der Waals surface area contributed by atoms with Crippen LogP contribution in [0.3, 0.4) is 0 Å². The van der Waals surface area contributed by atoms with Crippen molar-refractivity contribution in [2.75, 3.05) is 4.90 Å². The Bertz CT molecular complexity index is 3120. The van der Waals surface area contributed by atoms with Crippen molar-refractivity contribution in [1.29, 1.82) is 0 Å². The Balaban J connectivity index is 1.19. The lowest BCUT2D eigenvalue weighted by Crippen LogP contribution is -2.16. The third-order valence-corrected chi connectivity index (χ3v) is 12.2. The van der Waals surface area contributed by atoms with Gasteiger partial charge in [0.25, 0.3) is 0 Å². The summed E-state index contributed by atoms with van der Waals surface area (Å²) in [4.78, 5) is 2.45. The summed E-state index contributed by atoms with van der Waals surface area (Å²) in [7, 11) is 0. The number of aromatic nitrogens is 1. The molecule has 1 aliphatic carbocycles. The third-order valence-electron chi connectivity index (χ3n) is 12.2. The summed E-state index contributed by atoms with van der Waals surface area (Å²) in [5.41, 5.74) is 17.0. The second kappa shape index (κ2) is 13.0. The van der Waals surface area contributed by atoms with Crippen molar-refractivity contribution < 1.29 is 0 Å². The molecule has 10 aromatic rings. The summed E-state index contributed by atoms with van der Waals surface area (Å²) in [5, 5.41) is 4.94. The summed E-state index contributed by atoms with van der Waals surface area (Å²) < 4.78 is 2.47. The van der Waals surface area contributed by atoms with E-state index in [1.54, 1.807) is 0 Å². The number of hydrogen-bond donors (Lipinski definition) is 0. The van der Waals surface area contributed by atoms with Gasteiger partial charge in [-0.2, -0.15) is 0 Å².